The molecule has 3 aromatic rings. The Balaban J connectivity index is 1.91. The summed E-state index contributed by atoms with van der Waals surface area (Å²) in [5.74, 6) is 0.107. The van der Waals surface area contributed by atoms with E-state index in [1.54, 1.807) is 32.0 Å². The van der Waals surface area contributed by atoms with E-state index in [1.807, 2.05) is 30.3 Å². The molecule has 0 saturated carbocycles. The lowest BCUT2D eigenvalue weighted by molar-refractivity contribution is -0.146. The molecule has 0 aliphatic rings. The summed E-state index contributed by atoms with van der Waals surface area (Å²) in [6.07, 6.45) is 2.60. The first-order chi connectivity index (χ1) is 14.6. The normalized spacial score (nSPS) is 10.2. The molecule has 0 atom stereocenters. The number of esters is 2. The van der Waals surface area contributed by atoms with Gasteiger partial charge in [0.25, 0.3) is 0 Å². The number of rotatable bonds is 8. The predicted octanol–water partition coefficient (Wildman–Crippen LogP) is 3.84. The van der Waals surface area contributed by atoms with Crippen LogP contribution in [0, 0.1) is 0 Å². The van der Waals surface area contributed by atoms with Gasteiger partial charge >= 0.3 is 11.9 Å². The summed E-state index contributed by atoms with van der Waals surface area (Å²) in [5, 5.41) is 3.53. The van der Waals surface area contributed by atoms with Crippen LogP contribution in [0.15, 0.2) is 66.6 Å². The third-order valence-electron chi connectivity index (χ3n) is 3.93. The van der Waals surface area contributed by atoms with Crippen LogP contribution in [-0.4, -0.2) is 35.1 Å². The zero-order chi connectivity index (χ0) is 21.3. The van der Waals surface area contributed by atoms with Gasteiger partial charge < -0.3 is 19.5 Å². The molecule has 1 heterocycles. The van der Waals surface area contributed by atoms with E-state index >= 15 is 0 Å². The van der Waals surface area contributed by atoms with Crippen LogP contribution in [-0.2, 0) is 19.1 Å². The summed E-state index contributed by atoms with van der Waals surface area (Å²) < 4.78 is 15.7. The number of hydrogen-bond donors (Lipinski definition) is 1. The molecule has 0 amide bonds. The Morgan fingerprint density at radius 1 is 0.933 bits per heavy atom. The van der Waals surface area contributed by atoms with E-state index in [-0.39, 0.29) is 18.8 Å². The van der Waals surface area contributed by atoms with Crippen molar-refractivity contribution in [3.05, 3.63) is 66.6 Å². The summed E-state index contributed by atoms with van der Waals surface area (Å²) in [6.45, 7) is 3.57. The Morgan fingerprint density at radius 3 is 2.30 bits per heavy atom. The zero-order valence-electron chi connectivity index (χ0n) is 16.6. The third kappa shape index (κ3) is 5.11. The predicted molar refractivity (Wildman–Crippen MR) is 111 cm³/mol. The molecule has 1 N–H and O–H groups in total. The largest absolute Gasteiger partial charge is 0.462 e. The maximum atomic E-state index is 12.1. The van der Waals surface area contributed by atoms with Crippen LogP contribution < -0.4 is 10.1 Å². The SMILES string of the molecule is CCOC(=O)C(=CNc1ncnc2ccc(Oc3ccccc3)cc12)C(=O)OCC. The average Bonchev–Trinajstić information content (AvgIpc) is 2.75. The highest BCUT2D eigenvalue weighted by Gasteiger charge is 2.21. The second-order valence-electron chi connectivity index (χ2n) is 5.96. The van der Waals surface area contributed by atoms with Gasteiger partial charge in [0.15, 0.2) is 5.57 Å². The molecule has 154 valence electrons. The van der Waals surface area contributed by atoms with Crippen molar-refractivity contribution in [2.75, 3.05) is 18.5 Å². The van der Waals surface area contributed by atoms with Gasteiger partial charge in [0.1, 0.15) is 23.6 Å². The molecule has 1 aromatic heterocycles. The Morgan fingerprint density at radius 2 is 1.63 bits per heavy atom. The van der Waals surface area contributed by atoms with Crippen LogP contribution in [0.5, 0.6) is 11.5 Å². The summed E-state index contributed by atoms with van der Waals surface area (Å²) in [4.78, 5) is 32.7. The molecule has 0 aliphatic heterocycles. The molecule has 8 heteroatoms. The third-order valence-corrected chi connectivity index (χ3v) is 3.93. The van der Waals surface area contributed by atoms with E-state index in [1.165, 1.54) is 12.5 Å². The van der Waals surface area contributed by atoms with Gasteiger partial charge in [0.2, 0.25) is 0 Å². The highest BCUT2D eigenvalue weighted by molar-refractivity contribution is 6.14. The first-order valence-electron chi connectivity index (χ1n) is 9.41. The highest BCUT2D eigenvalue weighted by Crippen LogP contribution is 2.28. The Kier molecular flexibility index (Phi) is 6.94. The van der Waals surface area contributed by atoms with Gasteiger partial charge in [-0.1, -0.05) is 18.2 Å². The smallest absolute Gasteiger partial charge is 0.347 e. The van der Waals surface area contributed by atoms with Crippen LogP contribution in [0.2, 0.25) is 0 Å². The number of aromatic nitrogens is 2. The molecule has 0 aliphatic carbocycles. The van der Waals surface area contributed by atoms with Gasteiger partial charge in [-0.25, -0.2) is 19.6 Å². The molecule has 0 unspecified atom stereocenters. The van der Waals surface area contributed by atoms with Crippen molar-refractivity contribution in [3.63, 3.8) is 0 Å². The number of fused-ring (bicyclic) bond motifs is 1. The lowest BCUT2D eigenvalue weighted by Crippen LogP contribution is -2.19. The summed E-state index contributed by atoms with van der Waals surface area (Å²) in [5.41, 5.74) is 0.400. The first kappa shape index (κ1) is 20.8. The van der Waals surface area contributed by atoms with E-state index in [9.17, 15) is 9.59 Å². The van der Waals surface area contributed by atoms with Crippen molar-refractivity contribution in [3.8, 4) is 11.5 Å². The van der Waals surface area contributed by atoms with Gasteiger partial charge in [-0.3, -0.25) is 0 Å². The van der Waals surface area contributed by atoms with Crippen molar-refractivity contribution in [2.24, 2.45) is 0 Å². The van der Waals surface area contributed by atoms with E-state index in [4.69, 9.17) is 14.2 Å². The van der Waals surface area contributed by atoms with E-state index in [2.05, 4.69) is 15.3 Å². The molecule has 2 aromatic carbocycles. The zero-order valence-corrected chi connectivity index (χ0v) is 16.6. The van der Waals surface area contributed by atoms with Gasteiger partial charge in [0, 0.05) is 11.6 Å². The number of nitrogens with zero attached hydrogens (tertiary/aromatic N) is 2. The van der Waals surface area contributed by atoms with Gasteiger partial charge in [0.05, 0.1) is 18.7 Å². The van der Waals surface area contributed by atoms with Crippen molar-refractivity contribution >= 4 is 28.7 Å². The van der Waals surface area contributed by atoms with Crippen molar-refractivity contribution in [1.29, 1.82) is 0 Å². The quantitative estimate of drug-likeness (QED) is 0.260. The van der Waals surface area contributed by atoms with Crippen molar-refractivity contribution in [2.45, 2.75) is 13.8 Å². The highest BCUT2D eigenvalue weighted by atomic mass is 16.6. The van der Waals surface area contributed by atoms with E-state index in [0.717, 1.165) is 0 Å². The van der Waals surface area contributed by atoms with E-state index < -0.39 is 11.9 Å². The van der Waals surface area contributed by atoms with Crippen LogP contribution in [0.3, 0.4) is 0 Å². The second-order valence-corrected chi connectivity index (χ2v) is 5.96. The number of nitrogens with one attached hydrogen (secondary N) is 1. The second kappa shape index (κ2) is 10.0. The molecular weight excluding hydrogens is 386 g/mol. The monoisotopic (exact) mass is 407 g/mol. The minimum atomic E-state index is -0.782. The summed E-state index contributed by atoms with van der Waals surface area (Å²) in [6, 6.07) is 14.7. The van der Waals surface area contributed by atoms with Crippen LogP contribution >= 0.6 is 0 Å². The summed E-state index contributed by atoms with van der Waals surface area (Å²) in [7, 11) is 0. The maximum Gasteiger partial charge on any atom is 0.347 e. The number of para-hydroxylation sites is 1. The standard InChI is InChI=1S/C22H21N3O5/c1-3-28-21(26)18(22(27)29-4-2)13-23-20-17-12-16(10-11-19(17)24-14-25-20)30-15-8-6-5-7-9-15/h5-14H,3-4H2,1-2H3,(H,23,24,25). The van der Waals surface area contributed by atoms with Crippen molar-refractivity contribution in [1.82, 2.24) is 9.97 Å². The average molecular weight is 407 g/mol. The lowest BCUT2D eigenvalue weighted by Gasteiger charge is -2.10. The van der Waals surface area contributed by atoms with Crippen LogP contribution in [0.4, 0.5) is 5.82 Å². The lowest BCUT2D eigenvalue weighted by atomic mass is 10.2. The fraction of sp³-hybridized carbons (Fsp3) is 0.182. The van der Waals surface area contributed by atoms with Gasteiger partial charge in [-0.2, -0.15) is 0 Å². The molecule has 0 saturated heterocycles. The fourth-order valence-electron chi connectivity index (χ4n) is 2.60. The molecule has 0 spiro atoms. The summed E-state index contributed by atoms with van der Waals surface area (Å²) >= 11 is 0. The molecule has 0 bridgehead atoms. The number of hydrogen-bond acceptors (Lipinski definition) is 8. The van der Waals surface area contributed by atoms with E-state index in [0.29, 0.717) is 28.2 Å². The first-order valence-corrected chi connectivity index (χ1v) is 9.41. The molecule has 0 fully saturated rings. The van der Waals surface area contributed by atoms with Crippen molar-refractivity contribution < 1.29 is 23.8 Å². The fourth-order valence-corrected chi connectivity index (χ4v) is 2.60. The van der Waals surface area contributed by atoms with Crippen LogP contribution in [0.1, 0.15) is 13.8 Å². The minimum absolute atomic E-state index is 0.131. The number of carbonyl (C=O) groups excluding carboxylic acids is 2. The van der Waals surface area contributed by atoms with Crippen LogP contribution in [0.25, 0.3) is 10.9 Å². The number of carbonyl (C=O) groups is 2. The Bertz CT molecular complexity index is 1050. The Hall–Kier alpha value is -3.94. The topological polar surface area (TPSA) is 99.6 Å². The molecule has 8 nitrogen and oxygen atoms in total. The number of ether oxygens (including phenoxy) is 3. The van der Waals surface area contributed by atoms with Gasteiger partial charge in [-0.05, 0) is 44.2 Å². The molecule has 3 rings (SSSR count). The molecular formula is C22H21N3O5. The molecule has 30 heavy (non-hydrogen) atoms. The number of benzene rings is 2. The minimum Gasteiger partial charge on any atom is -0.462 e. The molecule has 0 radical (unpaired) electrons. The Labute approximate surface area is 173 Å². The van der Waals surface area contributed by atoms with Gasteiger partial charge in [-0.15, -0.1) is 0 Å². The number of anilines is 1. The maximum absolute atomic E-state index is 12.1.